The largest absolute Gasteiger partial charge is 0.461 e. The number of hydrogen-bond acceptors (Lipinski definition) is 6. The minimum Gasteiger partial charge on any atom is -0.461 e. The molecule has 0 fully saturated rings. The van der Waals surface area contributed by atoms with Gasteiger partial charge >= 0.3 is 0 Å². The van der Waals surface area contributed by atoms with E-state index in [0.29, 0.717) is 5.75 Å². The molecule has 8 heteroatoms. The maximum Gasteiger partial charge on any atom is 0.234 e. The molecule has 128 valence electrons. The van der Waals surface area contributed by atoms with E-state index in [1.54, 1.807) is 18.0 Å². The Labute approximate surface area is 149 Å². The first-order valence-electron chi connectivity index (χ1n) is 8.08. The summed E-state index contributed by atoms with van der Waals surface area (Å²) in [6.07, 6.45) is 3.68. The molecule has 4 aromatic rings. The molecule has 0 aliphatic carbocycles. The third-order valence-electron chi connectivity index (χ3n) is 3.94. The van der Waals surface area contributed by atoms with Gasteiger partial charge in [0.05, 0.1) is 12.0 Å². The summed E-state index contributed by atoms with van der Waals surface area (Å²) in [5, 5.41) is 9.43. The standard InChI is InChI=1S/C17H18N6OS/c1-4-22-15(14-6-5-7-24-14)20-21-17(22)25-10-13-9-23-12(3)8-11(2)18-16(23)19-13/h5-9H,4,10H2,1-3H3. The summed E-state index contributed by atoms with van der Waals surface area (Å²) in [6.45, 7) is 6.89. The van der Waals surface area contributed by atoms with Gasteiger partial charge in [0.25, 0.3) is 0 Å². The van der Waals surface area contributed by atoms with Gasteiger partial charge in [-0.25, -0.2) is 9.97 Å². The van der Waals surface area contributed by atoms with E-state index in [4.69, 9.17) is 4.42 Å². The monoisotopic (exact) mass is 354 g/mol. The highest BCUT2D eigenvalue weighted by Gasteiger charge is 2.16. The Morgan fingerprint density at radius 3 is 2.84 bits per heavy atom. The fraction of sp³-hybridized carbons (Fsp3) is 0.294. The molecular formula is C17H18N6OS. The SMILES string of the molecule is CCn1c(SCc2cn3c(C)cc(C)nc3n2)nnc1-c1ccco1. The number of thioether (sulfide) groups is 1. The van der Waals surface area contributed by atoms with Crippen molar-refractivity contribution in [3.8, 4) is 11.6 Å². The molecule has 0 amide bonds. The molecule has 0 spiro atoms. The predicted molar refractivity (Wildman–Crippen MR) is 95.4 cm³/mol. The summed E-state index contributed by atoms with van der Waals surface area (Å²) in [5.74, 6) is 2.92. The van der Waals surface area contributed by atoms with E-state index in [2.05, 4.69) is 40.1 Å². The first-order chi connectivity index (χ1) is 12.2. The van der Waals surface area contributed by atoms with Gasteiger partial charge in [-0.2, -0.15) is 0 Å². The van der Waals surface area contributed by atoms with Crippen molar-refractivity contribution in [1.29, 1.82) is 0 Å². The normalized spacial score (nSPS) is 11.5. The number of aromatic nitrogens is 6. The molecule has 4 heterocycles. The molecule has 0 aromatic carbocycles. The summed E-state index contributed by atoms with van der Waals surface area (Å²) < 4.78 is 9.51. The third kappa shape index (κ3) is 2.93. The van der Waals surface area contributed by atoms with Crippen LogP contribution in [-0.4, -0.2) is 29.1 Å². The van der Waals surface area contributed by atoms with Crippen molar-refractivity contribution in [3.05, 3.63) is 47.7 Å². The number of imidazole rings is 1. The quantitative estimate of drug-likeness (QED) is 0.511. The molecule has 25 heavy (non-hydrogen) atoms. The van der Waals surface area contributed by atoms with Gasteiger partial charge in [0, 0.05) is 29.9 Å². The zero-order chi connectivity index (χ0) is 17.4. The third-order valence-corrected chi connectivity index (χ3v) is 4.94. The van der Waals surface area contributed by atoms with E-state index in [1.165, 1.54) is 0 Å². The second kappa shape index (κ2) is 6.36. The van der Waals surface area contributed by atoms with E-state index in [9.17, 15) is 0 Å². The zero-order valence-corrected chi connectivity index (χ0v) is 15.1. The molecular weight excluding hydrogens is 336 g/mol. The maximum absolute atomic E-state index is 5.45. The minimum absolute atomic E-state index is 0.706. The van der Waals surface area contributed by atoms with Gasteiger partial charge < -0.3 is 4.42 Å². The predicted octanol–water partition coefficient (Wildman–Crippen LogP) is 3.51. The maximum atomic E-state index is 5.45. The van der Waals surface area contributed by atoms with E-state index in [-0.39, 0.29) is 0 Å². The van der Waals surface area contributed by atoms with Crippen molar-refractivity contribution in [2.24, 2.45) is 0 Å². The van der Waals surface area contributed by atoms with Gasteiger partial charge in [0.1, 0.15) is 0 Å². The van der Waals surface area contributed by atoms with Crippen molar-refractivity contribution >= 4 is 17.5 Å². The molecule has 0 bridgehead atoms. The molecule has 0 N–H and O–H groups in total. The highest BCUT2D eigenvalue weighted by molar-refractivity contribution is 7.98. The Kier molecular flexibility index (Phi) is 4.04. The smallest absolute Gasteiger partial charge is 0.234 e. The molecule has 0 radical (unpaired) electrons. The first kappa shape index (κ1) is 15.9. The molecule has 7 nitrogen and oxygen atoms in total. The number of furan rings is 1. The number of rotatable bonds is 5. The van der Waals surface area contributed by atoms with Crippen molar-refractivity contribution < 1.29 is 4.42 Å². The van der Waals surface area contributed by atoms with Gasteiger partial charge in [-0.3, -0.25) is 8.97 Å². The van der Waals surface area contributed by atoms with Gasteiger partial charge in [0.2, 0.25) is 5.78 Å². The zero-order valence-electron chi connectivity index (χ0n) is 14.3. The minimum atomic E-state index is 0.706. The fourth-order valence-electron chi connectivity index (χ4n) is 2.79. The lowest BCUT2D eigenvalue weighted by Gasteiger charge is -2.04. The second-order valence-electron chi connectivity index (χ2n) is 5.76. The number of hydrogen-bond donors (Lipinski definition) is 0. The fourth-order valence-corrected chi connectivity index (χ4v) is 3.68. The summed E-state index contributed by atoms with van der Waals surface area (Å²) in [5.41, 5.74) is 3.07. The average Bonchev–Trinajstić information content (AvgIpc) is 3.31. The topological polar surface area (TPSA) is 74.0 Å². The highest BCUT2D eigenvalue weighted by Crippen LogP contribution is 2.26. The van der Waals surface area contributed by atoms with Crippen LogP contribution < -0.4 is 0 Å². The first-order valence-corrected chi connectivity index (χ1v) is 9.06. The summed E-state index contributed by atoms with van der Waals surface area (Å²) >= 11 is 1.61. The Morgan fingerprint density at radius 1 is 1.20 bits per heavy atom. The molecule has 4 aromatic heterocycles. The second-order valence-corrected chi connectivity index (χ2v) is 6.70. The van der Waals surface area contributed by atoms with Crippen LogP contribution in [0.15, 0.2) is 40.2 Å². The Hall–Kier alpha value is -2.61. The van der Waals surface area contributed by atoms with Gasteiger partial charge in [0.15, 0.2) is 16.7 Å². The van der Waals surface area contributed by atoms with Crippen molar-refractivity contribution in [2.45, 2.75) is 38.2 Å². The van der Waals surface area contributed by atoms with Crippen LogP contribution in [0.5, 0.6) is 0 Å². The number of aryl methyl sites for hydroxylation is 2. The van der Waals surface area contributed by atoms with Gasteiger partial charge in [-0.1, -0.05) is 11.8 Å². The Morgan fingerprint density at radius 2 is 2.08 bits per heavy atom. The van der Waals surface area contributed by atoms with E-state index in [0.717, 1.165) is 46.1 Å². The van der Waals surface area contributed by atoms with Crippen LogP contribution in [0.25, 0.3) is 17.4 Å². The van der Waals surface area contributed by atoms with Crippen molar-refractivity contribution in [3.63, 3.8) is 0 Å². The number of fused-ring (bicyclic) bond motifs is 1. The van der Waals surface area contributed by atoms with Crippen molar-refractivity contribution in [2.75, 3.05) is 0 Å². The Bertz CT molecular complexity index is 1020. The highest BCUT2D eigenvalue weighted by atomic mass is 32.2. The van der Waals surface area contributed by atoms with Crippen LogP contribution in [0.4, 0.5) is 0 Å². The van der Waals surface area contributed by atoms with E-state index in [1.807, 2.05) is 34.2 Å². The number of nitrogens with zero attached hydrogens (tertiary/aromatic N) is 6. The molecule has 0 saturated heterocycles. The van der Waals surface area contributed by atoms with Crippen molar-refractivity contribution in [1.82, 2.24) is 29.1 Å². The summed E-state index contributed by atoms with van der Waals surface area (Å²) in [6, 6.07) is 5.79. The summed E-state index contributed by atoms with van der Waals surface area (Å²) in [7, 11) is 0. The van der Waals surface area contributed by atoms with E-state index < -0.39 is 0 Å². The van der Waals surface area contributed by atoms with Gasteiger partial charge in [-0.15, -0.1) is 10.2 Å². The Balaban J connectivity index is 1.58. The lowest BCUT2D eigenvalue weighted by molar-refractivity contribution is 0.567. The van der Waals surface area contributed by atoms with Crippen LogP contribution in [0.1, 0.15) is 24.0 Å². The lowest BCUT2D eigenvalue weighted by atomic mass is 10.3. The van der Waals surface area contributed by atoms with Crippen LogP contribution in [-0.2, 0) is 12.3 Å². The van der Waals surface area contributed by atoms with Crippen LogP contribution >= 0.6 is 11.8 Å². The molecule has 4 rings (SSSR count). The van der Waals surface area contributed by atoms with Crippen LogP contribution in [0.2, 0.25) is 0 Å². The molecule has 0 saturated carbocycles. The molecule has 0 aliphatic rings. The lowest BCUT2D eigenvalue weighted by Crippen LogP contribution is -1.99. The molecule has 0 unspecified atom stereocenters. The van der Waals surface area contributed by atoms with Crippen LogP contribution in [0.3, 0.4) is 0 Å². The average molecular weight is 354 g/mol. The summed E-state index contributed by atoms with van der Waals surface area (Å²) in [4.78, 5) is 9.10. The van der Waals surface area contributed by atoms with Gasteiger partial charge in [-0.05, 0) is 39.0 Å². The molecule has 0 atom stereocenters. The molecule has 0 aliphatic heterocycles. The van der Waals surface area contributed by atoms with Crippen LogP contribution in [0, 0.1) is 13.8 Å². The van der Waals surface area contributed by atoms with E-state index >= 15 is 0 Å².